The highest BCUT2D eigenvalue weighted by Gasteiger charge is 2.42. The van der Waals surface area contributed by atoms with Gasteiger partial charge in [-0.05, 0) is 12.8 Å². The molecule has 0 radical (unpaired) electrons. The summed E-state index contributed by atoms with van der Waals surface area (Å²) in [5.41, 5.74) is 0.665. The van der Waals surface area contributed by atoms with Crippen LogP contribution >= 0.6 is 11.8 Å². The van der Waals surface area contributed by atoms with Crippen molar-refractivity contribution >= 4 is 29.7 Å². The first-order chi connectivity index (χ1) is 12.5. The Morgan fingerprint density at radius 1 is 1.38 bits per heavy atom. The number of aromatic amines is 1. The number of nitrogens with zero attached hydrogens (tertiary/aromatic N) is 1. The lowest BCUT2D eigenvalue weighted by molar-refractivity contribution is -0.141. The van der Waals surface area contributed by atoms with Crippen molar-refractivity contribution in [2.24, 2.45) is 0 Å². The quantitative estimate of drug-likeness (QED) is 0.307. The number of hydrogen-bond acceptors (Lipinski definition) is 5. The largest absolute Gasteiger partial charge is 0.480 e. The summed E-state index contributed by atoms with van der Waals surface area (Å²) in [4.78, 5) is 41.4. The van der Waals surface area contributed by atoms with Crippen LogP contribution in [0.25, 0.3) is 0 Å². The number of carboxylic acids is 1. The Labute approximate surface area is 155 Å². The second kappa shape index (κ2) is 8.43. The monoisotopic (exact) mass is 381 g/mol. The zero-order valence-electron chi connectivity index (χ0n) is 14.2. The van der Waals surface area contributed by atoms with Crippen molar-refractivity contribution in [2.45, 2.75) is 55.5 Å². The number of nitrogens with one attached hydrogen (secondary N) is 4. The molecule has 0 aromatic carbocycles. The topological polar surface area (TPSA) is 136 Å². The maximum atomic E-state index is 12.0. The number of unbranched alkanes of at least 4 members (excludes halogenated alkanes) is 1. The van der Waals surface area contributed by atoms with Gasteiger partial charge in [-0.15, -0.1) is 0 Å². The van der Waals surface area contributed by atoms with E-state index in [1.165, 1.54) is 6.33 Å². The van der Waals surface area contributed by atoms with Crippen LogP contribution < -0.4 is 16.0 Å². The number of aromatic nitrogens is 2. The van der Waals surface area contributed by atoms with E-state index in [1.807, 2.05) is 11.8 Å². The van der Waals surface area contributed by atoms with E-state index in [1.54, 1.807) is 6.20 Å². The minimum absolute atomic E-state index is 0.0957. The molecule has 3 rings (SSSR count). The van der Waals surface area contributed by atoms with Crippen LogP contribution in [0.4, 0.5) is 4.79 Å². The Bertz CT molecular complexity index is 653. The fourth-order valence-corrected chi connectivity index (χ4v) is 4.90. The van der Waals surface area contributed by atoms with Crippen molar-refractivity contribution in [2.75, 3.05) is 5.75 Å². The van der Waals surface area contributed by atoms with Crippen LogP contribution in [-0.4, -0.2) is 62.1 Å². The maximum absolute atomic E-state index is 12.0. The summed E-state index contributed by atoms with van der Waals surface area (Å²) in [5, 5.41) is 18.0. The van der Waals surface area contributed by atoms with Crippen LogP contribution in [0, 0.1) is 0 Å². The lowest BCUT2D eigenvalue weighted by atomic mass is 10.0. The highest BCUT2D eigenvalue weighted by Crippen LogP contribution is 2.33. The lowest BCUT2D eigenvalue weighted by Gasteiger charge is -2.17. The first kappa shape index (κ1) is 18.6. The molecule has 26 heavy (non-hydrogen) atoms. The number of urea groups is 1. The lowest BCUT2D eigenvalue weighted by Crippen LogP contribution is -2.42. The number of thioether (sulfide) groups is 1. The Morgan fingerprint density at radius 2 is 2.23 bits per heavy atom. The zero-order valence-corrected chi connectivity index (χ0v) is 15.1. The van der Waals surface area contributed by atoms with Crippen molar-refractivity contribution < 1.29 is 19.5 Å². The van der Waals surface area contributed by atoms with Crippen molar-refractivity contribution in [1.82, 2.24) is 25.9 Å². The average molecular weight is 381 g/mol. The Hall–Kier alpha value is -2.23. The van der Waals surface area contributed by atoms with Crippen LogP contribution in [0.5, 0.6) is 0 Å². The molecule has 0 bridgehead atoms. The van der Waals surface area contributed by atoms with Gasteiger partial charge in [0.25, 0.3) is 0 Å². The number of carboxylic acid groups (broad SMARTS) is 1. The first-order valence-corrected chi connectivity index (χ1v) is 9.76. The van der Waals surface area contributed by atoms with Crippen LogP contribution in [-0.2, 0) is 16.0 Å². The molecule has 4 atom stereocenters. The van der Waals surface area contributed by atoms with E-state index in [2.05, 4.69) is 25.9 Å². The van der Waals surface area contributed by atoms with Crippen molar-refractivity contribution in [3.8, 4) is 0 Å². The first-order valence-electron chi connectivity index (χ1n) is 8.71. The fraction of sp³-hybridized carbons (Fsp3) is 0.625. The molecule has 9 nitrogen and oxygen atoms in total. The van der Waals surface area contributed by atoms with Gasteiger partial charge in [-0.25, -0.2) is 14.6 Å². The molecule has 2 fully saturated rings. The van der Waals surface area contributed by atoms with Crippen molar-refractivity contribution in [1.29, 1.82) is 0 Å². The average Bonchev–Trinajstić information content (AvgIpc) is 3.29. The van der Waals surface area contributed by atoms with Gasteiger partial charge >= 0.3 is 12.0 Å². The fourth-order valence-electron chi connectivity index (χ4n) is 3.36. The third-order valence-corrected chi connectivity index (χ3v) is 6.20. The molecule has 0 unspecified atom stereocenters. The van der Waals surface area contributed by atoms with E-state index in [4.69, 9.17) is 0 Å². The third kappa shape index (κ3) is 4.69. The molecule has 0 spiro atoms. The van der Waals surface area contributed by atoms with Crippen LogP contribution in [0.15, 0.2) is 12.5 Å². The van der Waals surface area contributed by atoms with Gasteiger partial charge in [-0.1, -0.05) is 6.42 Å². The molecule has 2 saturated heterocycles. The van der Waals surface area contributed by atoms with Gasteiger partial charge in [0.15, 0.2) is 0 Å². The summed E-state index contributed by atoms with van der Waals surface area (Å²) in [6, 6.07) is -0.678. The molecule has 1 aromatic rings. The zero-order chi connectivity index (χ0) is 18.5. The molecule has 142 valence electrons. The van der Waals surface area contributed by atoms with Gasteiger partial charge in [0.05, 0.1) is 18.4 Å². The number of hydrogen-bond donors (Lipinski definition) is 5. The molecule has 0 saturated carbocycles. The van der Waals surface area contributed by atoms with Crippen LogP contribution in [0.1, 0.15) is 31.4 Å². The Balaban J connectivity index is 1.35. The maximum Gasteiger partial charge on any atom is 0.326 e. The van der Waals surface area contributed by atoms with Gasteiger partial charge in [0.1, 0.15) is 6.04 Å². The highest BCUT2D eigenvalue weighted by atomic mass is 32.2. The number of fused-ring (bicyclic) bond motifs is 1. The predicted molar refractivity (Wildman–Crippen MR) is 95.8 cm³/mol. The summed E-state index contributed by atoms with van der Waals surface area (Å²) in [5.74, 6) is -0.404. The van der Waals surface area contributed by atoms with Crippen LogP contribution in [0.2, 0.25) is 0 Å². The molecule has 5 N–H and O–H groups in total. The van der Waals surface area contributed by atoms with Gasteiger partial charge in [-0.2, -0.15) is 11.8 Å². The number of carbonyl (C=O) groups excluding carboxylic acids is 2. The van der Waals surface area contributed by atoms with Gasteiger partial charge in [0, 0.05) is 35.7 Å². The summed E-state index contributed by atoms with van der Waals surface area (Å²) in [6.07, 6.45) is 5.98. The van der Waals surface area contributed by atoms with E-state index < -0.39 is 12.0 Å². The Kier molecular flexibility index (Phi) is 6.02. The molecule has 2 aliphatic rings. The molecule has 3 heterocycles. The smallest absolute Gasteiger partial charge is 0.326 e. The summed E-state index contributed by atoms with van der Waals surface area (Å²) >= 11 is 1.85. The van der Waals surface area contributed by atoms with Gasteiger partial charge < -0.3 is 26.0 Å². The molecule has 10 heteroatoms. The second-order valence-electron chi connectivity index (χ2n) is 6.61. The van der Waals surface area contributed by atoms with Crippen LogP contribution in [0.3, 0.4) is 0 Å². The highest BCUT2D eigenvalue weighted by molar-refractivity contribution is 8.00. The van der Waals surface area contributed by atoms with E-state index in [9.17, 15) is 19.5 Å². The molecule has 2 aliphatic heterocycles. The second-order valence-corrected chi connectivity index (χ2v) is 7.88. The molecular formula is C16H23N5O4S. The summed E-state index contributed by atoms with van der Waals surface area (Å²) < 4.78 is 0. The SMILES string of the molecule is O=C(CCCC[C@@H]1SC[C@@H]2NC(=O)N[C@@H]21)N[C@@H](Cc1cnc[nH]1)C(=O)O. The minimum atomic E-state index is -1.06. The molecular weight excluding hydrogens is 358 g/mol. The summed E-state index contributed by atoms with van der Waals surface area (Å²) in [7, 11) is 0. The van der Waals surface area contributed by atoms with E-state index in [-0.39, 0.29) is 30.4 Å². The van der Waals surface area contributed by atoms with E-state index >= 15 is 0 Å². The normalized spacial score (nSPS) is 25.2. The summed E-state index contributed by atoms with van der Waals surface area (Å²) in [6.45, 7) is 0. The Morgan fingerprint density at radius 3 is 2.96 bits per heavy atom. The predicted octanol–water partition coefficient (Wildman–Crippen LogP) is 0.247. The molecule has 3 amide bonds. The number of rotatable bonds is 9. The van der Waals surface area contributed by atoms with Crippen molar-refractivity contribution in [3.05, 3.63) is 18.2 Å². The van der Waals surface area contributed by atoms with E-state index in [0.717, 1.165) is 18.6 Å². The number of amides is 3. The number of H-pyrrole nitrogens is 1. The standard InChI is InChI=1S/C16H23N5O4S/c22-13(19-10(15(23)24)5-9-6-17-8-18-9)4-2-1-3-12-14-11(7-26-12)20-16(25)21-14/h6,8,10-12,14H,1-5,7H2,(H,17,18)(H,19,22)(H,23,24)(H2,20,21,25)/t10-,11-,12-,14-/m0/s1. The number of imidazole rings is 1. The minimum Gasteiger partial charge on any atom is -0.480 e. The molecule has 1 aromatic heterocycles. The van der Waals surface area contributed by atoms with E-state index in [0.29, 0.717) is 23.8 Å². The third-order valence-electron chi connectivity index (χ3n) is 4.69. The number of aliphatic carboxylic acids is 1. The van der Waals surface area contributed by atoms with Crippen molar-refractivity contribution in [3.63, 3.8) is 0 Å². The molecule has 0 aliphatic carbocycles. The number of carbonyl (C=O) groups is 3. The van der Waals surface area contributed by atoms with Gasteiger partial charge in [0.2, 0.25) is 5.91 Å². The van der Waals surface area contributed by atoms with Gasteiger partial charge in [-0.3, -0.25) is 4.79 Å².